The number of nitrogens with one attached hydrogen (secondary N) is 1. The van der Waals surface area contributed by atoms with Gasteiger partial charge in [-0.15, -0.1) is 0 Å². The topological polar surface area (TPSA) is 38.3 Å². The average molecular weight is 351 g/mol. The molecule has 0 unspecified atom stereocenters. The number of carbonyl (C=O) groups is 1. The van der Waals surface area contributed by atoms with Gasteiger partial charge in [0.1, 0.15) is 5.75 Å². The first-order valence-corrected chi connectivity index (χ1v) is 7.69. The highest BCUT2D eigenvalue weighted by Gasteiger charge is 2.30. The van der Waals surface area contributed by atoms with Crippen LogP contribution in [0.5, 0.6) is 5.75 Å². The molecule has 134 valence electrons. The molecule has 0 fully saturated rings. The van der Waals surface area contributed by atoms with E-state index in [4.69, 9.17) is 4.74 Å². The Morgan fingerprint density at radius 2 is 1.72 bits per heavy atom. The highest BCUT2D eigenvalue weighted by molar-refractivity contribution is 6.04. The van der Waals surface area contributed by atoms with E-state index in [1.807, 2.05) is 20.8 Å². The smallest absolute Gasteiger partial charge is 0.416 e. The van der Waals surface area contributed by atoms with Crippen LogP contribution in [0, 0.1) is 0 Å². The van der Waals surface area contributed by atoms with Crippen LogP contribution in [0.4, 0.5) is 18.9 Å². The number of hydrogen-bond donors (Lipinski definition) is 1. The maximum absolute atomic E-state index is 12.8. The lowest BCUT2D eigenvalue weighted by Gasteiger charge is -2.22. The fourth-order valence-electron chi connectivity index (χ4n) is 2.41. The van der Waals surface area contributed by atoms with Crippen molar-refractivity contribution in [1.82, 2.24) is 0 Å². The first-order chi connectivity index (χ1) is 11.5. The van der Waals surface area contributed by atoms with Crippen LogP contribution in [0.2, 0.25) is 0 Å². The quantitative estimate of drug-likeness (QED) is 0.819. The largest absolute Gasteiger partial charge is 0.496 e. The monoisotopic (exact) mass is 351 g/mol. The van der Waals surface area contributed by atoms with Gasteiger partial charge in [0, 0.05) is 16.8 Å². The molecule has 0 atom stereocenters. The van der Waals surface area contributed by atoms with Crippen molar-refractivity contribution in [3.63, 3.8) is 0 Å². The molecule has 0 spiro atoms. The minimum atomic E-state index is -4.46. The number of anilines is 1. The predicted molar refractivity (Wildman–Crippen MR) is 91.1 cm³/mol. The fourth-order valence-corrected chi connectivity index (χ4v) is 2.41. The summed E-state index contributed by atoms with van der Waals surface area (Å²) < 4.78 is 43.6. The highest BCUT2D eigenvalue weighted by atomic mass is 19.4. The number of alkyl halides is 3. The molecule has 0 aliphatic heterocycles. The summed E-state index contributed by atoms with van der Waals surface area (Å²) >= 11 is 0. The van der Waals surface area contributed by atoms with Gasteiger partial charge in [-0.05, 0) is 41.8 Å². The molecule has 0 radical (unpaired) electrons. The number of ether oxygens (including phenoxy) is 1. The summed E-state index contributed by atoms with van der Waals surface area (Å²) in [6.07, 6.45) is -4.46. The Labute approximate surface area is 144 Å². The summed E-state index contributed by atoms with van der Waals surface area (Å²) in [5, 5.41) is 2.51. The molecule has 2 aromatic rings. The molecule has 0 heterocycles. The van der Waals surface area contributed by atoms with Crippen LogP contribution in [0.3, 0.4) is 0 Å². The third kappa shape index (κ3) is 4.53. The van der Waals surface area contributed by atoms with Gasteiger partial charge in [-0.3, -0.25) is 4.79 Å². The van der Waals surface area contributed by atoms with Gasteiger partial charge in [-0.25, -0.2) is 0 Å². The maximum atomic E-state index is 12.8. The Hall–Kier alpha value is -2.50. The second kappa shape index (κ2) is 6.78. The Bertz CT molecular complexity index is 777. The molecule has 6 heteroatoms. The molecule has 2 aromatic carbocycles. The number of methoxy groups -OCH3 is 1. The molecule has 1 amide bonds. The summed E-state index contributed by atoms with van der Waals surface area (Å²) in [5.41, 5.74) is 0.218. The molecule has 1 N–H and O–H groups in total. The average Bonchev–Trinajstić information content (AvgIpc) is 2.52. The zero-order chi connectivity index (χ0) is 18.8. The summed E-state index contributed by atoms with van der Waals surface area (Å²) in [5.74, 6) is 0.176. The van der Waals surface area contributed by atoms with Gasteiger partial charge in [0.25, 0.3) is 5.91 Å². The molecular weight excluding hydrogens is 331 g/mol. The third-order valence-corrected chi connectivity index (χ3v) is 3.72. The zero-order valence-corrected chi connectivity index (χ0v) is 14.5. The lowest BCUT2D eigenvalue weighted by Crippen LogP contribution is -2.17. The summed E-state index contributed by atoms with van der Waals surface area (Å²) in [6.45, 7) is 5.96. The number of carbonyl (C=O) groups excluding carboxylic acids is 1. The lowest BCUT2D eigenvalue weighted by molar-refractivity contribution is -0.137. The van der Waals surface area contributed by atoms with Crippen molar-refractivity contribution in [3.8, 4) is 5.75 Å². The summed E-state index contributed by atoms with van der Waals surface area (Å²) in [4.78, 5) is 12.4. The van der Waals surface area contributed by atoms with Crippen molar-refractivity contribution < 1.29 is 22.7 Å². The van der Waals surface area contributed by atoms with Crippen molar-refractivity contribution in [2.24, 2.45) is 0 Å². The highest BCUT2D eigenvalue weighted by Crippen LogP contribution is 2.33. The zero-order valence-electron chi connectivity index (χ0n) is 14.5. The van der Waals surface area contributed by atoms with Crippen molar-refractivity contribution in [2.45, 2.75) is 32.4 Å². The van der Waals surface area contributed by atoms with Crippen LogP contribution in [-0.4, -0.2) is 13.0 Å². The first-order valence-electron chi connectivity index (χ1n) is 7.69. The molecule has 0 aliphatic carbocycles. The van der Waals surface area contributed by atoms with Crippen molar-refractivity contribution in [3.05, 3.63) is 59.2 Å². The first kappa shape index (κ1) is 18.8. The van der Waals surface area contributed by atoms with Crippen molar-refractivity contribution in [1.29, 1.82) is 0 Å². The van der Waals surface area contributed by atoms with Gasteiger partial charge in [0.2, 0.25) is 0 Å². The minimum absolute atomic E-state index is 0.0907. The second-order valence-electron chi connectivity index (χ2n) is 6.70. The molecular formula is C19H20F3NO2. The molecule has 3 nitrogen and oxygen atoms in total. The molecule has 2 rings (SSSR count). The third-order valence-electron chi connectivity index (χ3n) is 3.72. The van der Waals surface area contributed by atoms with Gasteiger partial charge < -0.3 is 10.1 Å². The number of hydrogen-bond acceptors (Lipinski definition) is 2. The van der Waals surface area contributed by atoms with Crippen LogP contribution in [0.25, 0.3) is 0 Å². The SMILES string of the molecule is COc1ccc(C(=O)Nc2cccc(C(F)(F)F)c2)cc1C(C)(C)C. The van der Waals surface area contributed by atoms with E-state index in [2.05, 4.69) is 5.32 Å². The predicted octanol–water partition coefficient (Wildman–Crippen LogP) is 5.26. The van der Waals surface area contributed by atoms with Crippen LogP contribution in [0.1, 0.15) is 42.3 Å². The van der Waals surface area contributed by atoms with Gasteiger partial charge in [-0.1, -0.05) is 26.8 Å². The van der Waals surface area contributed by atoms with E-state index in [9.17, 15) is 18.0 Å². The van der Waals surface area contributed by atoms with E-state index >= 15 is 0 Å². The summed E-state index contributed by atoms with van der Waals surface area (Å²) in [7, 11) is 1.55. The molecule has 0 aromatic heterocycles. The van der Waals surface area contributed by atoms with Crippen LogP contribution in [0.15, 0.2) is 42.5 Å². The number of benzene rings is 2. The Morgan fingerprint density at radius 1 is 1.04 bits per heavy atom. The van der Waals surface area contributed by atoms with Crippen LogP contribution >= 0.6 is 0 Å². The molecule has 0 bridgehead atoms. The van der Waals surface area contributed by atoms with Crippen LogP contribution < -0.4 is 10.1 Å². The molecule has 0 saturated carbocycles. The second-order valence-corrected chi connectivity index (χ2v) is 6.70. The Morgan fingerprint density at radius 3 is 2.28 bits per heavy atom. The van der Waals surface area contributed by atoms with Gasteiger partial charge >= 0.3 is 6.18 Å². The fraction of sp³-hybridized carbons (Fsp3) is 0.316. The number of halogens is 3. The number of amides is 1. The van der Waals surface area contributed by atoms with Gasteiger partial charge in [-0.2, -0.15) is 13.2 Å². The van der Waals surface area contributed by atoms with E-state index in [0.29, 0.717) is 11.3 Å². The van der Waals surface area contributed by atoms with E-state index in [1.165, 1.54) is 12.1 Å². The molecule has 0 aliphatic rings. The van der Waals surface area contributed by atoms with Crippen LogP contribution in [-0.2, 0) is 11.6 Å². The number of rotatable bonds is 3. The molecule has 25 heavy (non-hydrogen) atoms. The minimum Gasteiger partial charge on any atom is -0.496 e. The Kier molecular flexibility index (Phi) is 5.11. The summed E-state index contributed by atoms with van der Waals surface area (Å²) in [6, 6.07) is 9.50. The maximum Gasteiger partial charge on any atom is 0.416 e. The van der Waals surface area contributed by atoms with Gasteiger partial charge in [0.15, 0.2) is 0 Å². The standard InChI is InChI=1S/C19H20F3NO2/c1-18(2,3)15-10-12(8-9-16(15)25-4)17(24)23-14-7-5-6-13(11-14)19(20,21)22/h5-11H,1-4H3,(H,23,24). The van der Waals surface area contributed by atoms with Crippen molar-refractivity contribution in [2.75, 3.05) is 12.4 Å². The lowest BCUT2D eigenvalue weighted by atomic mass is 9.85. The van der Waals surface area contributed by atoms with Gasteiger partial charge in [0.05, 0.1) is 12.7 Å². The normalized spacial score (nSPS) is 12.0. The van der Waals surface area contributed by atoms with E-state index in [0.717, 1.165) is 17.7 Å². The Balaban J connectivity index is 2.30. The van der Waals surface area contributed by atoms with Crippen molar-refractivity contribution >= 4 is 11.6 Å². The van der Waals surface area contributed by atoms with E-state index in [-0.39, 0.29) is 11.1 Å². The molecule has 0 saturated heterocycles. The van der Waals surface area contributed by atoms with E-state index in [1.54, 1.807) is 25.3 Å². The van der Waals surface area contributed by atoms with E-state index < -0.39 is 17.6 Å².